The van der Waals surface area contributed by atoms with Gasteiger partial charge < -0.3 is 40.0 Å². The molecule has 0 radical (unpaired) electrons. The van der Waals surface area contributed by atoms with Gasteiger partial charge in [-0.15, -0.1) is 0 Å². The van der Waals surface area contributed by atoms with Crippen molar-refractivity contribution in [3.8, 4) is 11.8 Å². The average molecular weight is 709 g/mol. The van der Waals surface area contributed by atoms with E-state index >= 15 is 0 Å². The summed E-state index contributed by atoms with van der Waals surface area (Å²) in [6, 6.07) is 14.4. The summed E-state index contributed by atoms with van der Waals surface area (Å²) in [4.78, 5) is 37.9. The number of benzene rings is 2. The highest BCUT2D eigenvalue weighted by Gasteiger charge is 2.47. The Morgan fingerprint density at radius 3 is 2.43 bits per heavy atom. The van der Waals surface area contributed by atoms with E-state index < -0.39 is 47.5 Å². The van der Waals surface area contributed by atoms with Crippen LogP contribution in [-0.2, 0) is 23.8 Å². The molecular weight excluding hydrogens is 673 g/mol. The van der Waals surface area contributed by atoms with E-state index in [2.05, 4.69) is 20.7 Å². The van der Waals surface area contributed by atoms with E-state index in [0.717, 1.165) is 7.11 Å². The number of rotatable bonds is 16. The number of amides is 1. The predicted octanol–water partition coefficient (Wildman–Crippen LogP) is 4.24. The van der Waals surface area contributed by atoms with Crippen LogP contribution in [0.2, 0.25) is 5.02 Å². The molecule has 0 aliphatic carbocycles. The van der Waals surface area contributed by atoms with Gasteiger partial charge in [0.05, 0.1) is 43.0 Å². The molecular formula is C33H36ClF3N4O8. The molecule has 12 nitrogen and oxygen atoms in total. The van der Waals surface area contributed by atoms with Crippen molar-refractivity contribution in [1.29, 1.82) is 5.26 Å². The number of hydrogen-bond donors (Lipinski definition) is 4. The highest BCUT2D eigenvalue weighted by Crippen LogP contribution is 2.43. The van der Waals surface area contributed by atoms with E-state index in [1.165, 1.54) is 31.2 Å². The summed E-state index contributed by atoms with van der Waals surface area (Å²) in [7, 11) is 0.935. The van der Waals surface area contributed by atoms with E-state index in [4.69, 9.17) is 31.1 Å². The summed E-state index contributed by atoms with van der Waals surface area (Å²) >= 11 is 6.09. The molecule has 0 aromatic heterocycles. The van der Waals surface area contributed by atoms with Gasteiger partial charge in [-0.25, -0.2) is 14.4 Å². The maximum atomic E-state index is 14.0. The number of nitrogens with one attached hydrogen (secondary N) is 3. The van der Waals surface area contributed by atoms with Crippen LogP contribution in [0.1, 0.15) is 36.8 Å². The first-order valence-electron chi connectivity index (χ1n) is 15.1. The van der Waals surface area contributed by atoms with Crippen molar-refractivity contribution < 1.29 is 51.6 Å². The number of halogens is 4. The number of allylic oxidation sites excluding steroid dienone is 2. The van der Waals surface area contributed by atoms with Gasteiger partial charge in [-0.05, 0) is 49.6 Å². The molecule has 4 N–H and O–H groups in total. The highest BCUT2D eigenvalue weighted by atomic mass is 35.5. The Hall–Kier alpha value is -4.78. The number of alkyl carbamates (subject to hydrolysis) is 1. The van der Waals surface area contributed by atoms with Crippen molar-refractivity contribution >= 4 is 29.6 Å². The smallest absolute Gasteiger partial charge is 0.431 e. The van der Waals surface area contributed by atoms with Crippen LogP contribution >= 0.6 is 11.6 Å². The number of para-hydroxylation sites is 1. The third-order valence-corrected chi connectivity index (χ3v) is 7.28. The Balaban J connectivity index is 1.42. The minimum absolute atomic E-state index is 0.00434. The number of ether oxygens (including phenoxy) is 4. The normalized spacial score (nSPS) is 15.1. The van der Waals surface area contributed by atoms with Crippen molar-refractivity contribution in [3.05, 3.63) is 87.2 Å². The van der Waals surface area contributed by atoms with Gasteiger partial charge in [-0.2, -0.15) is 18.4 Å². The maximum Gasteiger partial charge on any atom is 0.431 e. The Bertz CT molecular complexity index is 1590. The minimum atomic E-state index is -4.97. The summed E-state index contributed by atoms with van der Waals surface area (Å²) in [5, 5.41) is 27.0. The van der Waals surface area contributed by atoms with E-state index in [1.807, 2.05) is 6.07 Å². The summed E-state index contributed by atoms with van der Waals surface area (Å²) in [6.07, 6.45) is -5.94. The van der Waals surface area contributed by atoms with E-state index in [9.17, 15) is 32.7 Å². The van der Waals surface area contributed by atoms with Gasteiger partial charge in [0.2, 0.25) is 0 Å². The summed E-state index contributed by atoms with van der Waals surface area (Å²) < 4.78 is 62.6. The van der Waals surface area contributed by atoms with Gasteiger partial charge in [0.25, 0.3) is 0 Å². The second kappa shape index (κ2) is 18.7. The van der Waals surface area contributed by atoms with E-state index in [-0.39, 0.29) is 61.2 Å². The lowest BCUT2D eigenvalue weighted by Crippen LogP contribution is -2.38. The quantitative estimate of drug-likeness (QED) is 0.112. The molecule has 2 atom stereocenters. The molecule has 0 bridgehead atoms. The number of methoxy groups -OCH3 is 1. The first kappa shape index (κ1) is 38.7. The zero-order valence-corrected chi connectivity index (χ0v) is 27.5. The number of hydrogen-bond acceptors (Lipinski definition) is 11. The van der Waals surface area contributed by atoms with Crippen LogP contribution in [0.4, 0.5) is 18.0 Å². The van der Waals surface area contributed by atoms with Gasteiger partial charge >= 0.3 is 24.2 Å². The van der Waals surface area contributed by atoms with Crippen molar-refractivity contribution in [2.45, 2.75) is 38.0 Å². The molecule has 2 unspecified atom stereocenters. The fraction of sp³-hybridized carbons (Fsp3) is 0.394. The van der Waals surface area contributed by atoms with Gasteiger partial charge in [0.1, 0.15) is 30.2 Å². The molecule has 0 saturated heterocycles. The van der Waals surface area contributed by atoms with Crippen molar-refractivity contribution in [2.75, 3.05) is 46.6 Å². The number of unbranched alkanes of at least 4 members (excludes halogenated alkanes) is 1. The zero-order valence-electron chi connectivity index (χ0n) is 26.7. The lowest BCUT2D eigenvalue weighted by atomic mass is 9.80. The van der Waals surface area contributed by atoms with Crippen LogP contribution in [0.3, 0.4) is 0 Å². The molecule has 3 rings (SSSR count). The molecule has 0 saturated carbocycles. The van der Waals surface area contributed by atoms with Crippen LogP contribution in [0.15, 0.2) is 71.1 Å². The Morgan fingerprint density at radius 2 is 1.76 bits per heavy atom. The van der Waals surface area contributed by atoms with Crippen LogP contribution < -0.4 is 20.7 Å². The van der Waals surface area contributed by atoms with Gasteiger partial charge in [-0.1, -0.05) is 35.9 Å². The van der Waals surface area contributed by atoms with E-state index in [1.54, 1.807) is 24.3 Å². The molecule has 2 aromatic rings. The zero-order chi connectivity index (χ0) is 36.0. The molecule has 49 heavy (non-hydrogen) atoms. The lowest BCUT2D eigenvalue weighted by molar-refractivity contribution is -0.140. The average Bonchev–Trinajstić information content (AvgIpc) is 3.07. The van der Waals surface area contributed by atoms with Crippen LogP contribution in [-0.4, -0.2) is 82.0 Å². The number of carbonyl (C=O) groups is 3. The van der Waals surface area contributed by atoms with Crippen LogP contribution in [0.25, 0.3) is 0 Å². The number of carbonyl (C=O) groups excluding carboxylic acids is 3. The summed E-state index contributed by atoms with van der Waals surface area (Å²) in [5.41, 5.74) is -2.03. The summed E-state index contributed by atoms with van der Waals surface area (Å²) in [6.45, 7) is 1.80. The number of nitriles is 1. The Kier molecular flexibility index (Phi) is 14.7. The van der Waals surface area contributed by atoms with Gasteiger partial charge in [-0.3, -0.25) is 0 Å². The molecule has 1 aliphatic rings. The van der Waals surface area contributed by atoms with Crippen LogP contribution in [0, 0.1) is 11.3 Å². The number of aliphatic hydroxyl groups excluding tert-OH is 1. The SMILES string of the molecule is COC(=O)C1=C(C(F)(F)F)NC(C)=C(C(=O)OCCCCOC(=O)NCCNCC(O)COc2ccccc2C#N)C1c1cccc(Cl)c1. The number of dihydropyridines is 1. The molecule has 0 fully saturated rings. The van der Waals surface area contributed by atoms with E-state index in [0.29, 0.717) is 24.3 Å². The Morgan fingerprint density at radius 1 is 1.04 bits per heavy atom. The predicted molar refractivity (Wildman–Crippen MR) is 170 cm³/mol. The fourth-order valence-electron chi connectivity index (χ4n) is 4.79. The number of nitrogens with zero attached hydrogens (tertiary/aromatic N) is 1. The second-order valence-electron chi connectivity index (χ2n) is 10.6. The third kappa shape index (κ3) is 11.4. The third-order valence-electron chi connectivity index (χ3n) is 7.05. The molecule has 1 amide bonds. The molecule has 1 heterocycles. The number of aliphatic hydroxyl groups is 1. The van der Waals surface area contributed by atoms with Crippen molar-refractivity contribution in [1.82, 2.24) is 16.0 Å². The van der Waals surface area contributed by atoms with Crippen LogP contribution in [0.5, 0.6) is 5.75 Å². The topological polar surface area (TPSA) is 168 Å². The lowest BCUT2D eigenvalue weighted by Gasteiger charge is -2.32. The monoisotopic (exact) mass is 708 g/mol. The number of esters is 2. The molecule has 264 valence electrons. The Labute approximate surface area is 285 Å². The number of alkyl halides is 3. The fourth-order valence-corrected chi connectivity index (χ4v) is 4.98. The van der Waals surface area contributed by atoms with Gasteiger partial charge in [0, 0.05) is 30.4 Å². The van der Waals surface area contributed by atoms with Gasteiger partial charge in [0.15, 0.2) is 0 Å². The molecule has 2 aromatic carbocycles. The van der Waals surface area contributed by atoms with Crippen molar-refractivity contribution in [3.63, 3.8) is 0 Å². The minimum Gasteiger partial charge on any atom is -0.489 e. The molecule has 1 aliphatic heterocycles. The largest absolute Gasteiger partial charge is 0.489 e. The summed E-state index contributed by atoms with van der Waals surface area (Å²) in [5.74, 6) is -3.34. The molecule has 0 spiro atoms. The first-order valence-corrected chi connectivity index (χ1v) is 15.5. The maximum absolute atomic E-state index is 14.0. The van der Waals surface area contributed by atoms with Crippen molar-refractivity contribution in [2.24, 2.45) is 0 Å². The second-order valence-corrected chi connectivity index (χ2v) is 11.0. The molecule has 16 heteroatoms. The first-order chi connectivity index (χ1) is 23.4. The standard InChI is InChI=1S/C33H36ClF3N4O8/c1-20-26(27(21-9-7-10-23(34)16-21)28(30(43)46-2)29(41-20)33(35,36)37)31(44)47-14-5-6-15-48-32(45)40-13-12-39-18-24(42)19-49-25-11-4-3-8-22(25)17-38/h3-4,7-11,16,24,27,39,41-42H,5-6,12-15,18-19H2,1-2H3,(H,40,45). The highest BCUT2D eigenvalue weighted by molar-refractivity contribution is 6.30.